The van der Waals surface area contributed by atoms with Crippen LogP contribution in [0.2, 0.25) is 10.0 Å². The summed E-state index contributed by atoms with van der Waals surface area (Å²) >= 11 is 12.7. The van der Waals surface area contributed by atoms with Crippen molar-refractivity contribution < 1.29 is 50.7 Å². The molecule has 15 heteroatoms. The van der Waals surface area contributed by atoms with Gasteiger partial charge in [-0.15, -0.1) is 0 Å². The second-order valence-corrected chi connectivity index (χ2v) is 12.1. The molecular weight excluding hydrogens is 633 g/mol. The van der Waals surface area contributed by atoms with E-state index in [9.17, 15) is 22.0 Å². The van der Waals surface area contributed by atoms with Crippen LogP contribution in [-0.2, 0) is 26.0 Å². The van der Waals surface area contributed by atoms with E-state index in [1.807, 2.05) is 0 Å². The van der Waals surface area contributed by atoms with Crippen molar-refractivity contribution in [2.24, 2.45) is 5.92 Å². The van der Waals surface area contributed by atoms with Gasteiger partial charge in [-0.2, -0.15) is 13.5 Å². The third-order valence-corrected chi connectivity index (χ3v) is 8.53. The Kier molecular flexibility index (Phi) is 10.9. The summed E-state index contributed by atoms with van der Waals surface area (Å²) in [5.41, 5.74) is 0.780. The standard InChI is InChI=1S/C28H28Cl2F2N2O8S/c1-38-22-8-6-18(10-25(22)39-2)43(36,37)34-14-27(35)41-24(11-19-20(29)12-33-13-21(19)30)17-5-7-23(42-28(31)32)26(9-17)40-15-16-3-4-16/h5-10,12-13,16,24,28,34H,3-4,11,14-15H2,1-2H3/p+1/t24-/m0/s1. The molecule has 10 nitrogen and oxygen atoms in total. The van der Waals surface area contributed by atoms with Gasteiger partial charge in [0.15, 0.2) is 35.4 Å². The average molecular weight is 663 g/mol. The summed E-state index contributed by atoms with van der Waals surface area (Å²) in [5, 5.41) is 0.510. The quantitative estimate of drug-likeness (QED) is 0.225. The first-order chi connectivity index (χ1) is 20.5. The van der Waals surface area contributed by atoms with E-state index in [0.717, 1.165) is 12.8 Å². The van der Waals surface area contributed by atoms with Crippen molar-refractivity contribution in [3.63, 3.8) is 0 Å². The third kappa shape index (κ3) is 8.82. The molecule has 0 aliphatic heterocycles. The summed E-state index contributed by atoms with van der Waals surface area (Å²) in [6, 6.07) is 8.11. The van der Waals surface area contributed by atoms with E-state index < -0.39 is 35.3 Å². The van der Waals surface area contributed by atoms with E-state index in [-0.39, 0.29) is 38.6 Å². The van der Waals surface area contributed by atoms with Crippen LogP contribution in [0.5, 0.6) is 23.0 Å². The fourth-order valence-corrected chi connectivity index (χ4v) is 5.54. The summed E-state index contributed by atoms with van der Waals surface area (Å²) < 4.78 is 80.5. The molecule has 0 amide bonds. The topological polar surface area (TPSA) is 124 Å². The van der Waals surface area contributed by atoms with Crippen LogP contribution in [0.15, 0.2) is 53.7 Å². The molecule has 1 aliphatic rings. The molecule has 3 aromatic rings. The number of alkyl halides is 2. The van der Waals surface area contributed by atoms with Crippen LogP contribution in [0.1, 0.15) is 30.1 Å². The number of ether oxygens (including phenoxy) is 5. The fraction of sp³-hybridized carbons (Fsp3) is 0.357. The summed E-state index contributed by atoms with van der Waals surface area (Å²) in [5.74, 6) is -0.257. The highest BCUT2D eigenvalue weighted by Crippen LogP contribution is 2.38. The second-order valence-electron chi connectivity index (χ2n) is 9.49. The number of aromatic nitrogens is 1. The lowest BCUT2D eigenvalue weighted by Gasteiger charge is -2.21. The van der Waals surface area contributed by atoms with E-state index >= 15 is 0 Å². The van der Waals surface area contributed by atoms with Gasteiger partial charge in [0.25, 0.3) is 0 Å². The molecule has 1 fully saturated rings. The molecular formula is C28H29Cl2F2N2O8S+. The van der Waals surface area contributed by atoms with Crippen LogP contribution >= 0.6 is 23.2 Å². The van der Waals surface area contributed by atoms with Gasteiger partial charge in [0.1, 0.15) is 22.7 Å². The molecule has 0 unspecified atom stereocenters. The number of pyridine rings is 1. The van der Waals surface area contributed by atoms with E-state index in [1.54, 1.807) is 0 Å². The van der Waals surface area contributed by atoms with Gasteiger partial charge >= 0.3 is 12.6 Å². The summed E-state index contributed by atoms with van der Waals surface area (Å²) in [6.45, 7) is -3.51. The number of H-pyrrole nitrogens is 1. The van der Waals surface area contributed by atoms with Gasteiger partial charge in [0.05, 0.1) is 25.7 Å². The van der Waals surface area contributed by atoms with Crippen LogP contribution in [0.3, 0.4) is 0 Å². The molecule has 0 saturated heterocycles. The average Bonchev–Trinajstić information content (AvgIpc) is 3.81. The first kappa shape index (κ1) is 32.5. The fourth-order valence-electron chi connectivity index (χ4n) is 4.03. The zero-order valence-electron chi connectivity index (χ0n) is 23.1. The molecule has 4 rings (SSSR count). The lowest BCUT2D eigenvalue weighted by atomic mass is 10.0. The molecule has 0 bridgehead atoms. The predicted molar refractivity (Wildman–Crippen MR) is 152 cm³/mol. The van der Waals surface area contributed by atoms with Gasteiger partial charge in [0, 0.05) is 18.1 Å². The maximum atomic E-state index is 13.1. The van der Waals surface area contributed by atoms with Crippen LogP contribution in [0.25, 0.3) is 0 Å². The monoisotopic (exact) mass is 661 g/mol. The molecule has 0 radical (unpaired) electrons. The van der Waals surface area contributed by atoms with Crippen molar-refractivity contribution >= 4 is 39.2 Å². The van der Waals surface area contributed by atoms with Crippen molar-refractivity contribution in [3.8, 4) is 23.0 Å². The SMILES string of the molecule is COc1ccc(S(=O)(=O)NCC(=O)O[C@@H](Cc2c(Cl)c[nH+]cc2Cl)c2ccc(OC(F)F)c(OCC3CC3)c2)cc1OC. The Morgan fingerprint density at radius 3 is 2.30 bits per heavy atom. The molecule has 2 aromatic carbocycles. The van der Waals surface area contributed by atoms with Crippen molar-refractivity contribution in [1.82, 2.24) is 4.72 Å². The molecule has 1 aliphatic carbocycles. The molecule has 43 heavy (non-hydrogen) atoms. The van der Waals surface area contributed by atoms with Gasteiger partial charge in [-0.3, -0.25) is 4.79 Å². The van der Waals surface area contributed by atoms with E-state index in [0.29, 0.717) is 29.4 Å². The molecule has 1 atom stereocenters. The van der Waals surface area contributed by atoms with E-state index in [2.05, 4.69) is 14.4 Å². The Labute approximate surface area is 257 Å². The smallest absolute Gasteiger partial charge is 0.387 e. The van der Waals surface area contributed by atoms with E-state index in [1.165, 1.54) is 63.0 Å². The normalized spacial score (nSPS) is 13.8. The van der Waals surface area contributed by atoms with E-state index in [4.69, 9.17) is 42.1 Å². The Hall–Kier alpha value is -3.39. The number of carbonyl (C=O) groups excluding carboxylic acids is 1. The highest BCUT2D eigenvalue weighted by atomic mass is 35.5. The second kappa shape index (κ2) is 14.4. The van der Waals surface area contributed by atoms with Gasteiger partial charge in [-0.1, -0.05) is 29.3 Å². The van der Waals surface area contributed by atoms with Crippen LogP contribution < -0.4 is 28.7 Å². The van der Waals surface area contributed by atoms with Gasteiger partial charge in [-0.05, 0) is 48.6 Å². The number of hydrogen-bond acceptors (Lipinski definition) is 8. The molecule has 2 N–H and O–H groups in total. The number of esters is 1. The van der Waals surface area contributed by atoms with Crippen LogP contribution in [0.4, 0.5) is 8.78 Å². The number of rotatable bonds is 15. The molecule has 232 valence electrons. The summed E-state index contributed by atoms with van der Waals surface area (Å²) in [4.78, 5) is 15.6. The van der Waals surface area contributed by atoms with Crippen molar-refractivity contribution in [2.45, 2.75) is 36.9 Å². The molecule has 1 aromatic heterocycles. The van der Waals surface area contributed by atoms with Crippen LogP contribution in [-0.4, -0.2) is 48.4 Å². The Bertz CT molecular complexity index is 1540. The van der Waals surface area contributed by atoms with Crippen molar-refractivity contribution in [1.29, 1.82) is 0 Å². The minimum Gasteiger partial charge on any atom is -0.493 e. The van der Waals surface area contributed by atoms with Crippen molar-refractivity contribution in [2.75, 3.05) is 27.4 Å². The van der Waals surface area contributed by atoms with Crippen molar-refractivity contribution in [3.05, 3.63) is 70.0 Å². The van der Waals surface area contributed by atoms with Crippen LogP contribution in [0, 0.1) is 5.92 Å². The number of sulfonamides is 1. The molecule has 1 heterocycles. The number of benzene rings is 2. The molecule has 0 spiro atoms. The lowest BCUT2D eigenvalue weighted by Crippen LogP contribution is -2.31. The lowest BCUT2D eigenvalue weighted by molar-refractivity contribution is -0.377. The zero-order chi connectivity index (χ0) is 31.1. The summed E-state index contributed by atoms with van der Waals surface area (Å²) in [7, 11) is -1.39. The highest BCUT2D eigenvalue weighted by molar-refractivity contribution is 7.89. The first-order valence-corrected chi connectivity index (χ1v) is 15.2. The number of halogens is 4. The van der Waals surface area contributed by atoms with Gasteiger partial charge in [0.2, 0.25) is 10.0 Å². The minimum atomic E-state index is -4.16. The third-order valence-electron chi connectivity index (χ3n) is 6.46. The Morgan fingerprint density at radius 2 is 1.67 bits per heavy atom. The minimum absolute atomic E-state index is 0.0301. The number of carbonyl (C=O) groups is 1. The number of nitrogens with one attached hydrogen (secondary N) is 2. The maximum absolute atomic E-state index is 13.1. The molecule has 1 saturated carbocycles. The van der Waals surface area contributed by atoms with Gasteiger partial charge in [-0.25, -0.2) is 13.4 Å². The number of hydrogen-bond donors (Lipinski definition) is 1. The number of methoxy groups -OCH3 is 2. The Morgan fingerprint density at radius 1 is 1.00 bits per heavy atom. The first-order valence-electron chi connectivity index (χ1n) is 13.0. The highest BCUT2D eigenvalue weighted by Gasteiger charge is 2.27. The largest absolute Gasteiger partial charge is 0.493 e. The number of aromatic amines is 1. The predicted octanol–water partition coefficient (Wildman–Crippen LogP) is 5.02. The Balaban J connectivity index is 1.57. The maximum Gasteiger partial charge on any atom is 0.387 e. The zero-order valence-corrected chi connectivity index (χ0v) is 25.4. The van der Waals surface area contributed by atoms with Gasteiger partial charge < -0.3 is 23.7 Å². The summed E-state index contributed by atoms with van der Waals surface area (Å²) in [6.07, 6.45) is 3.81.